The van der Waals surface area contributed by atoms with Crippen LogP contribution in [0, 0.1) is 5.92 Å². The second kappa shape index (κ2) is 6.73. The molecule has 0 radical (unpaired) electrons. The third-order valence-electron chi connectivity index (χ3n) is 3.33. The van der Waals surface area contributed by atoms with Crippen LogP contribution in [-0.2, 0) is 4.79 Å². The smallest absolute Gasteiger partial charge is 0.247 e. The lowest BCUT2D eigenvalue weighted by atomic mass is 10.1. The normalized spacial score (nSPS) is 22.1. The van der Waals surface area contributed by atoms with Crippen molar-refractivity contribution in [3.8, 4) is 0 Å². The summed E-state index contributed by atoms with van der Waals surface area (Å²) in [6, 6.07) is 7.34. The Kier molecular flexibility index (Phi) is 4.99. The maximum absolute atomic E-state index is 12.1. The van der Waals surface area contributed by atoms with E-state index >= 15 is 0 Å². The molecule has 1 aromatic carbocycles. The van der Waals surface area contributed by atoms with Gasteiger partial charge >= 0.3 is 0 Å². The molecule has 0 saturated carbocycles. The Balaban J connectivity index is 1.95. The molecule has 0 aromatic heterocycles. The minimum Gasteiger partial charge on any atom is -0.396 e. The highest BCUT2D eigenvalue weighted by Crippen LogP contribution is 2.18. The molecule has 1 aliphatic rings. The molecule has 2 atom stereocenters. The van der Waals surface area contributed by atoms with E-state index in [2.05, 4.69) is 5.32 Å². The molecule has 3 nitrogen and oxygen atoms in total. The molecule has 1 aliphatic carbocycles. The lowest BCUT2D eigenvalue weighted by Crippen LogP contribution is -2.33. The third kappa shape index (κ3) is 3.95. The summed E-state index contributed by atoms with van der Waals surface area (Å²) in [4.78, 5) is 12.1. The van der Waals surface area contributed by atoms with Gasteiger partial charge in [-0.25, -0.2) is 0 Å². The summed E-state index contributed by atoms with van der Waals surface area (Å²) < 4.78 is 0. The molecule has 2 N–H and O–H groups in total. The van der Waals surface area contributed by atoms with Gasteiger partial charge in [0.1, 0.15) is 0 Å². The van der Waals surface area contributed by atoms with Crippen molar-refractivity contribution in [2.75, 3.05) is 6.61 Å². The molecule has 4 heteroatoms. The van der Waals surface area contributed by atoms with Crippen LogP contribution in [0.25, 0.3) is 6.08 Å². The van der Waals surface area contributed by atoms with Crippen molar-refractivity contribution in [1.29, 1.82) is 0 Å². The highest BCUT2D eigenvalue weighted by Gasteiger charge is 2.19. The molecule has 0 spiro atoms. The van der Waals surface area contributed by atoms with Crippen LogP contribution in [0.4, 0.5) is 0 Å². The van der Waals surface area contributed by atoms with Crippen LogP contribution in [0.3, 0.4) is 0 Å². The molecule has 1 amide bonds. The number of rotatable bonds is 4. The number of carbonyl (C=O) groups excluding carboxylic acids is 1. The van der Waals surface area contributed by atoms with Gasteiger partial charge in [0.25, 0.3) is 0 Å². The van der Waals surface area contributed by atoms with Gasteiger partial charge < -0.3 is 10.4 Å². The van der Waals surface area contributed by atoms with Gasteiger partial charge in [0.2, 0.25) is 5.91 Å². The lowest BCUT2D eigenvalue weighted by Gasteiger charge is -2.13. The van der Waals surface area contributed by atoms with Crippen molar-refractivity contribution in [2.24, 2.45) is 5.92 Å². The predicted molar refractivity (Wildman–Crippen MR) is 81.4 cm³/mol. The number of nitrogens with one attached hydrogen (secondary N) is 1. The Labute approximate surface area is 124 Å². The Hall–Kier alpha value is -1.58. The van der Waals surface area contributed by atoms with E-state index in [0.29, 0.717) is 10.6 Å². The fourth-order valence-corrected chi connectivity index (χ4v) is 2.30. The molecule has 0 aliphatic heterocycles. The first-order valence-electron chi connectivity index (χ1n) is 6.62. The monoisotopic (exact) mass is 291 g/mol. The Morgan fingerprint density at radius 2 is 2.10 bits per heavy atom. The summed E-state index contributed by atoms with van der Waals surface area (Å²) in [5.41, 5.74) is 1.59. The van der Waals surface area contributed by atoms with Crippen LogP contribution in [0.2, 0.25) is 5.02 Å². The molecular formula is C16H18ClNO2. The summed E-state index contributed by atoms with van der Waals surface area (Å²) >= 11 is 5.82. The summed E-state index contributed by atoms with van der Waals surface area (Å²) in [7, 11) is 0. The van der Waals surface area contributed by atoms with E-state index in [9.17, 15) is 4.79 Å². The molecular weight excluding hydrogens is 274 g/mol. The van der Waals surface area contributed by atoms with E-state index in [1.807, 2.05) is 30.4 Å². The maximum atomic E-state index is 12.1. The van der Waals surface area contributed by atoms with Gasteiger partial charge in [0.15, 0.2) is 0 Å². The van der Waals surface area contributed by atoms with Crippen molar-refractivity contribution in [1.82, 2.24) is 5.32 Å². The molecule has 106 valence electrons. The van der Waals surface area contributed by atoms with Gasteiger partial charge in [-0.3, -0.25) is 4.79 Å². The fourth-order valence-electron chi connectivity index (χ4n) is 2.17. The second-order valence-electron chi connectivity index (χ2n) is 5.02. The SMILES string of the molecule is C/C(=C/c1ccc(Cl)cc1)C(=O)N[C@@H]1C=C[C@H](CO)C1. The molecule has 0 heterocycles. The molecule has 1 aromatic rings. The highest BCUT2D eigenvalue weighted by molar-refractivity contribution is 6.30. The van der Waals surface area contributed by atoms with E-state index in [1.165, 1.54) is 0 Å². The van der Waals surface area contributed by atoms with Crippen molar-refractivity contribution in [3.05, 3.63) is 52.6 Å². The van der Waals surface area contributed by atoms with Gasteiger partial charge in [-0.2, -0.15) is 0 Å². The van der Waals surface area contributed by atoms with E-state index in [1.54, 1.807) is 19.1 Å². The lowest BCUT2D eigenvalue weighted by molar-refractivity contribution is -0.117. The van der Waals surface area contributed by atoms with E-state index in [4.69, 9.17) is 16.7 Å². The first-order valence-corrected chi connectivity index (χ1v) is 7.00. The summed E-state index contributed by atoms with van der Waals surface area (Å²) in [6.07, 6.45) is 6.47. The largest absolute Gasteiger partial charge is 0.396 e. The first kappa shape index (κ1) is 14.8. The quantitative estimate of drug-likeness (QED) is 0.662. The topological polar surface area (TPSA) is 49.3 Å². The number of carbonyl (C=O) groups is 1. The van der Waals surface area contributed by atoms with Crippen molar-refractivity contribution in [3.63, 3.8) is 0 Å². The highest BCUT2D eigenvalue weighted by atomic mass is 35.5. The molecule has 0 unspecified atom stereocenters. The third-order valence-corrected chi connectivity index (χ3v) is 3.59. The van der Waals surface area contributed by atoms with Gasteiger partial charge in [0.05, 0.1) is 0 Å². The zero-order valence-corrected chi connectivity index (χ0v) is 12.1. The minimum atomic E-state index is -0.0896. The zero-order chi connectivity index (χ0) is 14.5. The molecule has 0 bridgehead atoms. The molecule has 2 rings (SSSR count). The summed E-state index contributed by atoms with van der Waals surface area (Å²) in [5, 5.41) is 12.7. The summed E-state index contributed by atoms with van der Waals surface area (Å²) in [5.74, 6) is 0.0639. The molecule has 20 heavy (non-hydrogen) atoms. The van der Waals surface area contributed by atoms with Crippen molar-refractivity contribution in [2.45, 2.75) is 19.4 Å². The average molecular weight is 292 g/mol. The van der Waals surface area contributed by atoms with E-state index < -0.39 is 0 Å². The van der Waals surface area contributed by atoms with Crippen molar-refractivity contribution < 1.29 is 9.90 Å². The van der Waals surface area contributed by atoms with Gasteiger partial charge in [-0.15, -0.1) is 0 Å². The second-order valence-corrected chi connectivity index (χ2v) is 5.46. The van der Waals surface area contributed by atoms with Crippen LogP contribution in [0.1, 0.15) is 18.9 Å². The number of aliphatic hydroxyl groups excluding tert-OH is 1. The first-order chi connectivity index (χ1) is 9.58. The Morgan fingerprint density at radius 1 is 1.40 bits per heavy atom. The number of benzene rings is 1. The minimum absolute atomic E-state index is 0.00761. The zero-order valence-electron chi connectivity index (χ0n) is 11.3. The maximum Gasteiger partial charge on any atom is 0.247 e. The number of hydrogen-bond donors (Lipinski definition) is 2. The van der Waals surface area contributed by atoms with Gasteiger partial charge in [-0.05, 0) is 37.1 Å². The van der Waals surface area contributed by atoms with Crippen LogP contribution < -0.4 is 5.32 Å². The van der Waals surface area contributed by atoms with Gasteiger partial charge in [-0.1, -0.05) is 35.9 Å². The summed E-state index contributed by atoms with van der Waals surface area (Å²) in [6.45, 7) is 1.91. The number of amides is 1. The standard InChI is InChI=1S/C16H18ClNO2/c1-11(8-12-2-5-14(17)6-3-12)16(20)18-15-7-4-13(9-15)10-19/h2-8,13,15,19H,9-10H2,1H3,(H,18,20)/b11-8-/t13-,15+/m0/s1. The van der Waals surface area contributed by atoms with Crippen LogP contribution in [0.15, 0.2) is 42.0 Å². The van der Waals surface area contributed by atoms with Crippen LogP contribution >= 0.6 is 11.6 Å². The molecule has 0 saturated heterocycles. The van der Waals surface area contributed by atoms with E-state index in [-0.39, 0.29) is 24.5 Å². The predicted octanol–water partition coefficient (Wildman–Crippen LogP) is 2.80. The van der Waals surface area contributed by atoms with Crippen molar-refractivity contribution >= 4 is 23.6 Å². The number of aliphatic hydroxyl groups is 1. The van der Waals surface area contributed by atoms with E-state index in [0.717, 1.165) is 12.0 Å². The Bertz CT molecular complexity index is 534. The number of hydrogen-bond acceptors (Lipinski definition) is 2. The Morgan fingerprint density at radius 3 is 2.70 bits per heavy atom. The van der Waals surface area contributed by atoms with Gasteiger partial charge in [0, 0.05) is 29.2 Å². The number of halogens is 1. The fraction of sp³-hybridized carbons (Fsp3) is 0.312. The average Bonchev–Trinajstić information content (AvgIpc) is 2.89. The van der Waals surface area contributed by atoms with Crippen LogP contribution in [0.5, 0.6) is 0 Å². The molecule has 0 fully saturated rings. The van der Waals surface area contributed by atoms with Crippen LogP contribution in [-0.4, -0.2) is 23.7 Å².